The van der Waals surface area contributed by atoms with Crippen LogP contribution >= 0.6 is 0 Å². The highest BCUT2D eigenvalue weighted by molar-refractivity contribution is 6.16. The number of aryl methyl sites for hydroxylation is 1. The molecule has 0 aliphatic carbocycles. The van der Waals surface area contributed by atoms with Crippen molar-refractivity contribution in [2.75, 3.05) is 5.73 Å². The lowest BCUT2D eigenvalue weighted by molar-refractivity contribution is 0.104. The first-order valence-electron chi connectivity index (χ1n) is 6.14. The van der Waals surface area contributed by atoms with Crippen molar-refractivity contribution < 1.29 is 4.79 Å². The molecule has 0 saturated heterocycles. The van der Waals surface area contributed by atoms with Gasteiger partial charge >= 0.3 is 0 Å². The Bertz CT molecular complexity index is 771. The third-order valence-corrected chi connectivity index (χ3v) is 3.37. The van der Waals surface area contributed by atoms with Crippen LogP contribution in [0.25, 0.3) is 10.9 Å². The van der Waals surface area contributed by atoms with Crippen LogP contribution in [0.1, 0.15) is 21.5 Å². The van der Waals surface area contributed by atoms with E-state index in [1.807, 2.05) is 37.3 Å². The monoisotopic (exact) mass is 250 g/mol. The molecule has 1 heterocycles. The van der Waals surface area contributed by atoms with E-state index in [0.717, 1.165) is 16.5 Å². The summed E-state index contributed by atoms with van der Waals surface area (Å²) in [5.41, 5.74) is 9.73. The number of nitrogens with two attached hydrogens (primary N) is 1. The summed E-state index contributed by atoms with van der Waals surface area (Å²) in [7, 11) is 0. The van der Waals surface area contributed by atoms with Crippen molar-refractivity contribution in [2.24, 2.45) is 0 Å². The summed E-state index contributed by atoms with van der Waals surface area (Å²) in [5.74, 6) is 0.0144. The van der Waals surface area contributed by atoms with Crippen molar-refractivity contribution in [3.05, 3.63) is 65.4 Å². The molecular weight excluding hydrogens is 236 g/mol. The van der Waals surface area contributed by atoms with E-state index in [1.165, 1.54) is 0 Å². The highest BCUT2D eigenvalue weighted by Gasteiger charge is 2.14. The number of aromatic nitrogens is 1. The third kappa shape index (κ3) is 1.89. The Labute approximate surface area is 111 Å². The van der Waals surface area contributed by atoms with Crippen LogP contribution in [0.15, 0.2) is 48.7 Å². The highest BCUT2D eigenvalue weighted by Crippen LogP contribution is 2.22. The van der Waals surface area contributed by atoms with E-state index in [2.05, 4.69) is 4.98 Å². The number of H-pyrrole nitrogens is 1. The van der Waals surface area contributed by atoms with Crippen LogP contribution in [0.4, 0.5) is 5.69 Å². The average molecular weight is 250 g/mol. The van der Waals surface area contributed by atoms with Crippen molar-refractivity contribution in [2.45, 2.75) is 6.92 Å². The summed E-state index contributed by atoms with van der Waals surface area (Å²) < 4.78 is 0. The van der Waals surface area contributed by atoms with E-state index in [9.17, 15) is 4.79 Å². The molecule has 3 rings (SSSR count). The van der Waals surface area contributed by atoms with E-state index >= 15 is 0 Å². The zero-order chi connectivity index (χ0) is 13.4. The Kier molecular flexibility index (Phi) is 2.60. The second-order valence-corrected chi connectivity index (χ2v) is 4.65. The third-order valence-electron chi connectivity index (χ3n) is 3.37. The molecule has 0 spiro atoms. The normalized spacial score (nSPS) is 10.8. The lowest BCUT2D eigenvalue weighted by Crippen LogP contribution is -2.02. The molecule has 0 unspecified atom stereocenters. The Hall–Kier alpha value is -2.55. The second-order valence-electron chi connectivity index (χ2n) is 4.65. The summed E-state index contributed by atoms with van der Waals surface area (Å²) >= 11 is 0. The molecule has 1 aromatic heterocycles. The molecule has 2 aromatic carbocycles. The van der Waals surface area contributed by atoms with Crippen LogP contribution in [0.5, 0.6) is 0 Å². The number of benzene rings is 2. The van der Waals surface area contributed by atoms with Gasteiger partial charge in [-0.1, -0.05) is 18.2 Å². The molecule has 3 heteroatoms. The molecule has 0 fully saturated rings. The van der Waals surface area contributed by atoms with Gasteiger partial charge in [0, 0.05) is 33.9 Å². The zero-order valence-electron chi connectivity index (χ0n) is 10.6. The van der Waals surface area contributed by atoms with Gasteiger partial charge in [0.1, 0.15) is 0 Å². The standard InChI is InChI=1S/C16H14N2O/c1-10-8-11(6-7-14(10)17)16(19)13-9-18-15-5-3-2-4-12(13)15/h2-9,18H,17H2,1H3. The number of para-hydroxylation sites is 1. The smallest absolute Gasteiger partial charge is 0.195 e. The number of rotatable bonds is 2. The molecule has 3 nitrogen and oxygen atoms in total. The van der Waals surface area contributed by atoms with Crippen molar-refractivity contribution in [3.63, 3.8) is 0 Å². The zero-order valence-corrected chi connectivity index (χ0v) is 10.6. The second kappa shape index (κ2) is 4.28. The van der Waals surface area contributed by atoms with Crippen molar-refractivity contribution in [1.29, 1.82) is 0 Å². The van der Waals surface area contributed by atoms with E-state index < -0.39 is 0 Å². The largest absolute Gasteiger partial charge is 0.399 e. The van der Waals surface area contributed by atoms with E-state index in [1.54, 1.807) is 18.3 Å². The van der Waals surface area contributed by atoms with E-state index in [0.29, 0.717) is 16.8 Å². The lowest BCUT2D eigenvalue weighted by atomic mass is 10.0. The number of nitrogen functional groups attached to an aromatic ring is 1. The van der Waals surface area contributed by atoms with Crippen LogP contribution in [0.2, 0.25) is 0 Å². The number of fused-ring (bicyclic) bond motifs is 1. The van der Waals surface area contributed by atoms with Crippen molar-refractivity contribution >= 4 is 22.4 Å². The van der Waals surface area contributed by atoms with Crippen LogP contribution in [-0.2, 0) is 0 Å². The van der Waals surface area contributed by atoms with Gasteiger partial charge in [-0.2, -0.15) is 0 Å². The molecular formula is C16H14N2O. The Morgan fingerprint density at radius 2 is 1.95 bits per heavy atom. The molecule has 3 aromatic rings. The first-order chi connectivity index (χ1) is 9.16. The predicted molar refractivity (Wildman–Crippen MR) is 77.3 cm³/mol. The number of anilines is 1. The Morgan fingerprint density at radius 3 is 2.74 bits per heavy atom. The highest BCUT2D eigenvalue weighted by atomic mass is 16.1. The molecule has 0 aliphatic rings. The maximum Gasteiger partial charge on any atom is 0.195 e. The summed E-state index contributed by atoms with van der Waals surface area (Å²) in [6.45, 7) is 1.90. The van der Waals surface area contributed by atoms with Crippen LogP contribution in [-0.4, -0.2) is 10.8 Å². The summed E-state index contributed by atoms with van der Waals surface area (Å²) in [6.07, 6.45) is 1.76. The van der Waals surface area contributed by atoms with Gasteiger partial charge in [0.15, 0.2) is 5.78 Å². The molecule has 3 N–H and O–H groups in total. The van der Waals surface area contributed by atoms with Crippen LogP contribution in [0.3, 0.4) is 0 Å². The predicted octanol–water partition coefficient (Wildman–Crippen LogP) is 3.29. The minimum absolute atomic E-state index is 0.0144. The summed E-state index contributed by atoms with van der Waals surface area (Å²) in [5, 5.41) is 0.946. The summed E-state index contributed by atoms with van der Waals surface area (Å²) in [6, 6.07) is 13.2. The van der Waals surface area contributed by atoms with Gasteiger partial charge in [-0.25, -0.2) is 0 Å². The Morgan fingerprint density at radius 1 is 1.16 bits per heavy atom. The van der Waals surface area contributed by atoms with Gasteiger partial charge < -0.3 is 10.7 Å². The molecule has 0 radical (unpaired) electrons. The molecule has 0 amide bonds. The quantitative estimate of drug-likeness (QED) is 0.541. The molecule has 0 saturated carbocycles. The molecule has 94 valence electrons. The summed E-state index contributed by atoms with van der Waals surface area (Å²) in [4.78, 5) is 15.6. The number of carbonyl (C=O) groups is 1. The SMILES string of the molecule is Cc1cc(C(=O)c2c[nH]c3ccccc23)ccc1N. The number of hydrogen-bond donors (Lipinski definition) is 2. The van der Waals surface area contributed by atoms with Crippen molar-refractivity contribution in [3.8, 4) is 0 Å². The van der Waals surface area contributed by atoms with Crippen molar-refractivity contribution in [1.82, 2.24) is 4.98 Å². The van der Waals surface area contributed by atoms with E-state index in [-0.39, 0.29) is 5.78 Å². The number of ketones is 1. The van der Waals surface area contributed by atoms with E-state index in [4.69, 9.17) is 5.73 Å². The first-order valence-corrected chi connectivity index (χ1v) is 6.14. The lowest BCUT2D eigenvalue weighted by Gasteiger charge is -2.04. The maximum atomic E-state index is 12.5. The molecule has 0 aliphatic heterocycles. The van der Waals surface area contributed by atoms with Gasteiger partial charge in [0.2, 0.25) is 0 Å². The molecule has 0 bridgehead atoms. The molecule has 19 heavy (non-hydrogen) atoms. The van der Waals surface area contributed by atoms with Gasteiger partial charge in [0.25, 0.3) is 0 Å². The number of aromatic amines is 1. The van der Waals surface area contributed by atoms with Gasteiger partial charge in [0.05, 0.1) is 0 Å². The Balaban J connectivity index is 2.11. The fourth-order valence-electron chi connectivity index (χ4n) is 2.23. The first kappa shape index (κ1) is 11.5. The van der Waals surface area contributed by atoms with Gasteiger partial charge in [-0.15, -0.1) is 0 Å². The number of nitrogens with one attached hydrogen (secondary N) is 1. The minimum atomic E-state index is 0.0144. The number of hydrogen-bond acceptors (Lipinski definition) is 2. The van der Waals surface area contributed by atoms with Crippen LogP contribution < -0.4 is 5.73 Å². The topological polar surface area (TPSA) is 58.9 Å². The molecule has 0 atom stereocenters. The fourth-order valence-corrected chi connectivity index (χ4v) is 2.23. The van der Waals surface area contributed by atoms with Gasteiger partial charge in [-0.05, 0) is 36.8 Å². The van der Waals surface area contributed by atoms with Crippen LogP contribution in [0, 0.1) is 6.92 Å². The minimum Gasteiger partial charge on any atom is -0.399 e. The fraction of sp³-hybridized carbons (Fsp3) is 0.0625. The number of carbonyl (C=O) groups excluding carboxylic acids is 1. The maximum absolute atomic E-state index is 12.5. The van der Waals surface area contributed by atoms with Gasteiger partial charge in [-0.3, -0.25) is 4.79 Å². The average Bonchev–Trinajstić information content (AvgIpc) is 2.85.